The van der Waals surface area contributed by atoms with Crippen molar-refractivity contribution < 1.29 is 13.2 Å². The molecule has 0 fully saturated rings. The Hall–Kier alpha value is -4.54. The lowest BCUT2D eigenvalue weighted by molar-refractivity contribution is -0.137. The smallest absolute Gasteiger partial charge is 0.309 e. The number of nitrogens with zero attached hydrogens (tertiary/aromatic N) is 5. The van der Waals surface area contributed by atoms with Crippen molar-refractivity contribution in [2.24, 2.45) is 0 Å². The summed E-state index contributed by atoms with van der Waals surface area (Å²) in [6.07, 6.45) is 0.0327. The second-order valence-electron chi connectivity index (χ2n) is 7.44. The van der Waals surface area contributed by atoms with Crippen LogP contribution < -0.4 is 11.1 Å². The van der Waals surface area contributed by atoms with E-state index in [2.05, 4.69) is 20.1 Å². The number of rotatable bonds is 4. The van der Waals surface area contributed by atoms with Crippen LogP contribution in [0.15, 0.2) is 82.8 Å². The summed E-state index contributed by atoms with van der Waals surface area (Å²) in [5, 5.41) is 5.19. The quantitative estimate of drug-likeness (QED) is 0.440. The summed E-state index contributed by atoms with van der Waals surface area (Å²) in [6, 6.07) is 12.4. The Kier molecular flexibility index (Phi) is 5.08. The third kappa shape index (κ3) is 3.98. The summed E-state index contributed by atoms with van der Waals surface area (Å²) in [6.45, 7) is 0.0808. The highest BCUT2D eigenvalue weighted by atomic mass is 19.4. The van der Waals surface area contributed by atoms with E-state index in [-0.39, 0.29) is 17.7 Å². The van der Waals surface area contributed by atoms with Gasteiger partial charge in [-0.05, 0) is 42.5 Å². The number of aromatic amines is 1. The third-order valence-corrected chi connectivity index (χ3v) is 5.20. The summed E-state index contributed by atoms with van der Waals surface area (Å²) in [7, 11) is 0. The summed E-state index contributed by atoms with van der Waals surface area (Å²) in [5.41, 5.74) is 0.382. The van der Waals surface area contributed by atoms with Gasteiger partial charge < -0.3 is 9.55 Å². The van der Waals surface area contributed by atoms with Crippen LogP contribution in [-0.4, -0.2) is 29.3 Å². The van der Waals surface area contributed by atoms with Crippen LogP contribution in [0.1, 0.15) is 11.4 Å². The van der Waals surface area contributed by atoms with Crippen molar-refractivity contribution in [1.29, 1.82) is 0 Å². The normalized spacial score (nSPS) is 11.7. The lowest BCUT2D eigenvalue weighted by Gasteiger charge is -2.08. The molecule has 0 atom stereocenters. The van der Waals surface area contributed by atoms with Gasteiger partial charge in [-0.1, -0.05) is 0 Å². The largest absolute Gasteiger partial charge is 0.416 e. The van der Waals surface area contributed by atoms with Gasteiger partial charge in [0, 0.05) is 41.7 Å². The Morgan fingerprint density at radius 1 is 0.941 bits per heavy atom. The van der Waals surface area contributed by atoms with E-state index in [1.807, 2.05) is 0 Å². The lowest BCUT2D eigenvalue weighted by atomic mass is 10.1. The molecule has 0 aliphatic heterocycles. The number of alkyl halides is 3. The van der Waals surface area contributed by atoms with Crippen molar-refractivity contribution >= 4 is 11.0 Å². The molecule has 1 aromatic carbocycles. The maximum absolute atomic E-state index is 12.9. The highest BCUT2D eigenvalue weighted by molar-refractivity contribution is 5.91. The molecule has 4 aromatic heterocycles. The van der Waals surface area contributed by atoms with E-state index >= 15 is 0 Å². The van der Waals surface area contributed by atoms with Crippen LogP contribution in [0.4, 0.5) is 13.2 Å². The molecular formula is C23H15F3N6O2. The van der Waals surface area contributed by atoms with Gasteiger partial charge in [0.25, 0.3) is 11.1 Å². The molecule has 0 saturated carbocycles. The molecule has 0 radical (unpaired) electrons. The highest BCUT2D eigenvalue weighted by Crippen LogP contribution is 2.31. The first-order valence-corrected chi connectivity index (χ1v) is 10.1. The summed E-state index contributed by atoms with van der Waals surface area (Å²) >= 11 is 0. The van der Waals surface area contributed by atoms with Gasteiger partial charge in [0.2, 0.25) is 0 Å². The topological polar surface area (TPSA) is 98.5 Å². The van der Waals surface area contributed by atoms with Gasteiger partial charge in [0.05, 0.1) is 17.8 Å². The Morgan fingerprint density at radius 2 is 1.74 bits per heavy atom. The summed E-state index contributed by atoms with van der Waals surface area (Å²) in [5.74, 6) is 0.337. The second-order valence-corrected chi connectivity index (χ2v) is 7.44. The summed E-state index contributed by atoms with van der Waals surface area (Å²) < 4.78 is 41.6. The molecule has 0 unspecified atom stereocenters. The molecule has 0 saturated heterocycles. The first-order valence-electron chi connectivity index (χ1n) is 10.1. The molecule has 4 heterocycles. The maximum Gasteiger partial charge on any atom is 0.416 e. The van der Waals surface area contributed by atoms with Crippen LogP contribution in [0, 0.1) is 0 Å². The fourth-order valence-corrected chi connectivity index (χ4v) is 3.58. The van der Waals surface area contributed by atoms with E-state index in [1.54, 1.807) is 30.6 Å². The molecule has 8 nitrogen and oxygen atoms in total. The number of hydrogen-bond donors (Lipinski definition) is 1. The van der Waals surface area contributed by atoms with E-state index in [0.29, 0.717) is 33.8 Å². The van der Waals surface area contributed by atoms with Crippen LogP contribution in [-0.2, 0) is 12.7 Å². The Labute approximate surface area is 189 Å². The van der Waals surface area contributed by atoms with E-state index in [4.69, 9.17) is 0 Å². The van der Waals surface area contributed by atoms with E-state index < -0.39 is 11.7 Å². The number of aromatic nitrogens is 6. The molecule has 0 bridgehead atoms. The monoisotopic (exact) mass is 464 g/mol. The average Bonchev–Trinajstić information content (AvgIpc) is 3.20. The zero-order valence-corrected chi connectivity index (χ0v) is 17.3. The molecule has 5 rings (SSSR count). The number of pyridine rings is 2. The number of H-pyrrole nitrogens is 1. The number of fused-ring (bicyclic) bond motifs is 1. The fourth-order valence-electron chi connectivity index (χ4n) is 3.58. The van der Waals surface area contributed by atoms with E-state index in [1.165, 1.54) is 39.7 Å². The van der Waals surface area contributed by atoms with Crippen molar-refractivity contribution in [2.75, 3.05) is 0 Å². The van der Waals surface area contributed by atoms with Crippen molar-refractivity contribution in [1.82, 2.24) is 29.3 Å². The van der Waals surface area contributed by atoms with Gasteiger partial charge in [0.15, 0.2) is 5.65 Å². The lowest BCUT2D eigenvalue weighted by Crippen LogP contribution is -2.22. The van der Waals surface area contributed by atoms with E-state index in [0.717, 1.165) is 12.1 Å². The number of benzene rings is 1. The molecule has 34 heavy (non-hydrogen) atoms. The van der Waals surface area contributed by atoms with Crippen molar-refractivity contribution in [3.63, 3.8) is 0 Å². The molecule has 0 aliphatic rings. The molecular weight excluding hydrogens is 449 g/mol. The second kappa shape index (κ2) is 8.10. The Balaban J connectivity index is 1.55. The minimum absolute atomic E-state index is 0.0808. The van der Waals surface area contributed by atoms with Gasteiger partial charge >= 0.3 is 6.18 Å². The van der Waals surface area contributed by atoms with Crippen LogP contribution in [0.3, 0.4) is 0 Å². The average molecular weight is 464 g/mol. The van der Waals surface area contributed by atoms with Crippen LogP contribution in [0.25, 0.3) is 28.0 Å². The van der Waals surface area contributed by atoms with Crippen molar-refractivity contribution in [3.8, 4) is 16.9 Å². The maximum atomic E-state index is 12.9. The zero-order chi connectivity index (χ0) is 23.9. The van der Waals surface area contributed by atoms with Gasteiger partial charge in [-0.15, -0.1) is 0 Å². The SMILES string of the molecule is O=c1ccnc(Cn2ccc(-c3nn(-c4ccc(C(F)(F)F)cc4)c4ncccc34)cc2=O)[nH]1. The molecule has 0 aliphatic carbocycles. The first-order chi connectivity index (χ1) is 16.3. The number of nitrogens with one attached hydrogen (secondary N) is 1. The number of hydrogen-bond acceptors (Lipinski definition) is 5. The number of halogens is 3. The molecule has 11 heteroatoms. The van der Waals surface area contributed by atoms with Crippen LogP contribution in [0.2, 0.25) is 0 Å². The van der Waals surface area contributed by atoms with Gasteiger partial charge in [0.1, 0.15) is 11.5 Å². The molecule has 0 amide bonds. The predicted octanol–water partition coefficient (Wildman–Crippen LogP) is 3.40. The van der Waals surface area contributed by atoms with Crippen molar-refractivity contribution in [3.05, 3.63) is 105 Å². The molecule has 5 aromatic rings. The van der Waals surface area contributed by atoms with Crippen LogP contribution in [0.5, 0.6) is 0 Å². The van der Waals surface area contributed by atoms with Crippen molar-refractivity contribution in [2.45, 2.75) is 12.7 Å². The van der Waals surface area contributed by atoms with Gasteiger partial charge in [-0.25, -0.2) is 14.6 Å². The van der Waals surface area contributed by atoms with Gasteiger partial charge in [-0.3, -0.25) is 9.59 Å². The zero-order valence-electron chi connectivity index (χ0n) is 17.3. The molecule has 1 N–H and O–H groups in total. The summed E-state index contributed by atoms with van der Waals surface area (Å²) in [4.78, 5) is 35.1. The highest BCUT2D eigenvalue weighted by Gasteiger charge is 2.30. The third-order valence-electron chi connectivity index (χ3n) is 5.20. The Bertz CT molecular complexity index is 1620. The fraction of sp³-hybridized carbons (Fsp3) is 0.0870. The molecule has 0 spiro atoms. The molecule has 170 valence electrons. The standard InChI is InChI=1S/C23H15F3N6O2/c24-23(25,26)15-3-5-16(6-4-15)32-22-17(2-1-9-28-22)21(30-32)14-8-11-31(20(34)12-14)13-18-27-10-7-19(33)29-18/h1-12H,13H2,(H,27,29,33). The van der Waals surface area contributed by atoms with Crippen LogP contribution >= 0.6 is 0 Å². The minimum Gasteiger partial charge on any atom is -0.309 e. The Morgan fingerprint density at radius 3 is 2.44 bits per heavy atom. The minimum atomic E-state index is -4.44. The van der Waals surface area contributed by atoms with Gasteiger partial charge in [-0.2, -0.15) is 18.3 Å². The first kappa shape index (κ1) is 21.3. The van der Waals surface area contributed by atoms with E-state index in [9.17, 15) is 22.8 Å². The predicted molar refractivity (Wildman–Crippen MR) is 118 cm³/mol.